The largest absolute Gasteiger partial charge is 0.455 e. The van der Waals surface area contributed by atoms with Crippen molar-refractivity contribution in [1.82, 2.24) is 0 Å². The highest BCUT2D eigenvalue weighted by Crippen LogP contribution is 2.38. The van der Waals surface area contributed by atoms with Crippen LogP contribution in [0.2, 0.25) is 0 Å². The number of allylic oxidation sites excluding steroid dienone is 2. The molecule has 0 unspecified atom stereocenters. The molecule has 0 fully saturated rings. The van der Waals surface area contributed by atoms with E-state index in [4.69, 9.17) is 18.6 Å². The second-order valence-electron chi connectivity index (χ2n) is 7.41. The predicted molar refractivity (Wildman–Crippen MR) is 117 cm³/mol. The maximum absolute atomic E-state index is 13.4. The first-order chi connectivity index (χ1) is 15.1. The van der Waals surface area contributed by atoms with Crippen LogP contribution in [0.3, 0.4) is 0 Å². The van der Waals surface area contributed by atoms with Crippen molar-refractivity contribution in [3.8, 4) is 17.2 Å². The topological polar surface area (TPSA) is 109 Å². The van der Waals surface area contributed by atoms with E-state index in [0.29, 0.717) is 5.56 Å². The average molecular weight is 438 g/mol. The second-order valence-corrected chi connectivity index (χ2v) is 7.41. The highest BCUT2D eigenvalue weighted by Gasteiger charge is 2.23. The van der Waals surface area contributed by atoms with Gasteiger partial charge in [-0.3, -0.25) is 19.2 Å². The van der Waals surface area contributed by atoms with E-state index in [2.05, 4.69) is 0 Å². The molecule has 0 radical (unpaired) electrons. The number of fused-ring (bicyclic) bond motifs is 2. The van der Waals surface area contributed by atoms with Crippen molar-refractivity contribution in [3.63, 3.8) is 0 Å². The summed E-state index contributed by atoms with van der Waals surface area (Å²) in [4.78, 5) is 48.2. The number of carbonyl (C=O) groups excluding carboxylic acids is 3. The third kappa shape index (κ3) is 4.85. The second kappa shape index (κ2) is 9.05. The van der Waals surface area contributed by atoms with E-state index in [1.54, 1.807) is 0 Å². The Kier molecular flexibility index (Phi) is 6.43. The highest BCUT2D eigenvalue weighted by atomic mass is 16.5. The molecule has 0 spiro atoms. The van der Waals surface area contributed by atoms with Gasteiger partial charge in [0.1, 0.15) is 28.1 Å². The number of ether oxygens (including phenoxy) is 3. The van der Waals surface area contributed by atoms with Gasteiger partial charge in [0.15, 0.2) is 5.75 Å². The number of carbonyl (C=O) groups is 3. The zero-order valence-corrected chi connectivity index (χ0v) is 18.4. The molecular weight excluding hydrogens is 416 g/mol. The predicted octanol–water partition coefficient (Wildman–Crippen LogP) is 4.23. The fourth-order valence-corrected chi connectivity index (χ4v) is 3.21. The summed E-state index contributed by atoms with van der Waals surface area (Å²) in [6.45, 7) is 7.48. The van der Waals surface area contributed by atoms with Crippen LogP contribution in [0.1, 0.15) is 40.2 Å². The number of esters is 3. The van der Waals surface area contributed by atoms with Crippen LogP contribution in [0.4, 0.5) is 0 Å². The standard InChI is InChI=1S/C24H22O8/c1-12(2)6-8-18-20(30-14(4)26)11-21-22(24(18)31-15(5)27)23(28)17-9-7-16(29-13(3)25)10-19(17)32-21/h6-7,9-11H,8H2,1-5H3. The first-order valence-electron chi connectivity index (χ1n) is 9.82. The summed E-state index contributed by atoms with van der Waals surface area (Å²) in [6, 6.07) is 5.75. The summed E-state index contributed by atoms with van der Waals surface area (Å²) in [5.74, 6) is -1.47. The lowest BCUT2D eigenvalue weighted by Gasteiger charge is -2.15. The van der Waals surface area contributed by atoms with Crippen molar-refractivity contribution >= 4 is 39.8 Å². The van der Waals surface area contributed by atoms with E-state index >= 15 is 0 Å². The third-order valence-electron chi connectivity index (χ3n) is 4.43. The van der Waals surface area contributed by atoms with Crippen LogP contribution in [0.5, 0.6) is 17.2 Å². The summed E-state index contributed by atoms with van der Waals surface area (Å²) >= 11 is 0. The molecule has 0 aliphatic heterocycles. The van der Waals surface area contributed by atoms with E-state index in [1.165, 1.54) is 45.0 Å². The van der Waals surface area contributed by atoms with Gasteiger partial charge in [-0.1, -0.05) is 11.6 Å². The van der Waals surface area contributed by atoms with Crippen LogP contribution in [0.25, 0.3) is 21.9 Å². The van der Waals surface area contributed by atoms with Gasteiger partial charge in [0.2, 0.25) is 5.43 Å². The summed E-state index contributed by atoms with van der Waals surface area (Å²) in [5, 5.41) is 0.246. The van der Waals surface area contributed by atoms with Gasteiger partial charge in [-0.05, 0) is 32.4 Å². The molecule has 0 bridgehead atoms. The Morgan fingerprint density at radius 1 is 0.875 bits per heavy atom. The lowest BCUT2D eigenvalue weighted by Crippen LogP contribution is -2.13. The quantitative estimate of drug-likeness (QED) is 0.252. The van der Waals surface area contributed by atoms with Gasteiger partial charge in [-0.2, -0.15) is 0 Å². The minimum atomic E-state index is -0.644. The Bertz CT molecular complexity index is 1340. The van der Waals surface area contributed by atoms with E-state index in [0.717, 1.165) is 5.57 Å². The Hall–Kier alpha value is -3.94. The fraction of sp³-hybridized carbons (Fsp3) is 0.250. The first-order valence-corrected chi connectivity index (χ1v) is 9.82. The molecule has 32 heavy (non-hydrogen) atoms. The van der Waals surface area contributed by atoms with Crippen molar-refractivity contribution in [2.24, 2.45) is 0 Å². The Balaban J connectivity index is 2.41. The van der Waals surface area contributed by atoms with E-state index in [-0.39, 0.29) is 45.6 Å². The van der Waals surface area contributed by atoms with Crippen molar-refractivity contribution in [3.05, 3.63) is 51.7 Å². The molecule has 8 heteroatoms. The maximum atomic E-state index is 13.4. The SMILES string of the molecule is CC(=O)Oc1ccc2c(=O)c3c(OC(C)=O)c(CC=C(C)C)c(OC(C)=O)cc3oc2c1. The maximum Gasteiger partial charge on any atom is 0.308 e. The summed E-state index contributed by atoms with van der Waals surface area (Å²) in [5.41, 5.74) is 1.11. The van der Waals surface area contributed by atoms with E-state index in [9.17, 15) is 19.2 Å². The lowest BCUT2D eigenvalue weighted by molar-refractivity contribution is -0.133. The third-order valence-corrected chi connectivity index (χ3v) is 4.43. The summed E-state index contributed by atoms with van der Waals surface area (Å²) in [7, 11) is 0. The summed E-state index contributed by atoms with van der Waals surface area (Å²) in [6.07, 6.45) is 2.11. The first kappa shape index (κ1) is 22.7. The van der Waals surface area contributed by atoms with Crippen LogP contribution >= 0.6 is 0 Å². The molecule has 8 nitrogen and oxygen atoms in total. The van der Waals surface area contributed by atoms with E-state index < -0.39 is 23.3 Å². The van der Waals surface area contributed by atoms with Gasteiger partial charge in [0.05, 0.1) is 5.39 Å². The van der Waals surface area contributed by atoms with Gasteiger partial charge in [-0.15, -0.1) is 0 Å². The molecule has 0 atom stereocenters. The van der Waals surface area contributed by atoms with Gasteiger partial charge >= 0.3 is 17.9 Å². The molecule has 166 valence electrons. The Labute approximate surface area is 183 Å². The Morgan fingerprint density at radius 3 is 2.12 bits per heavy atom. The molecule has 1 aromatic heterocycles. The van der Waals surface area contributed by atoms with Gasteiger partial charge in [0.25, 0.3) is 0 Å². The van der Waals surface area contributed by atoms with Gasteiger partial charge < -0.3 is 18.6 Å². The fourth-order valence-electron chi connectivity index (χ4n) is 3.21. The van der Waals surface area contributed by atoms with Crippen molar-refractivity contribution in [2.45, 2.75) is 41.0 Å². The zero-order valence-electron chi connectivity index (χ0n) is 18.4. The minimum absolute atomic E-state index is 0.0246. The van der Waals surface area contributed by atoms with Crippen LogP contribution in [-0.2, 0) is 20.8 Å². The molecular formula is C24H22O8. The van der Waals surface area contributed by atoms with Crippen LogP contribution in [0.15, 0.2) is 45.1 Å². The molecule has 0 saturated heterocycles. The number of hydrogen-bond donors (Lipinski definition) is 0. The minimum Gasteiger partial charge on any atom is -0.455 e. The van der Waals surface area contributed by atoms with Crippen LogP contribution in [0, 0.1) is 0 Å². The van der Waals surface area contributed by atoms with Crippen molar-refractivity contribution in [1.29, 1.82) is 0 Å². The number of hydrogen-bond acceptors (Lipinski definition) is 8. The molecule has 0 amide bonds. The molecule has 2 aromatic carbocycles. The normalized spacial score (nSPS) is 10.7. The lowest BCUT2D eigenvalue weighted by atomic mass is 10.0. The monoisotopic (exact) mass is 438 g/mol. The molecule has 0 N–H and O–H groups in total. The molecule has 3 rings (SSSR count). The average Bonchev–Trinajstić information content (AvgIpc) is 2.65. The van der Waals surface area contributed by atoms with Crippen molar-refractivity contribution < 1.29 is 33.0 Å². The number of rotatable bonds is 5. The summed E-state index contributed by atoms with van der Waals surface area (Å²) < 4.78 is 21.7. The smallest absolute Gasteiger partial charge is 0.308 e. The highest BCUT2D eigenvalue weighted by molar-refractivity contribution is 5.97. The van der Waals surface area contributed by atoms with Crippen LogP contribution in [-0.4, -0.2) is 17.9 Å². The van der Waals surface area contributed by atoms with Gasteiger partial charge in [0, 0.05) is 38.5 Å². The van der Waals surface area contributed by atoms with E-state index in [1.807, 2.05) is 19.9 Å². The van der Waals surface area contributed by atoms with Gasteiger partial charge in [-0.25, -0.2) is 0 Å². The number of benzene rings is 2. The van der Waals surface area contributed by atoms with Crippen molar-refractivity contribution in [2.75, 3.05) is 0 Å². The molecule has 3 aromatic rings. The molecule has 0 aliphatic carbocycles. The molecule has 1 heterocycles. The molecule has 0 aliphatic rings. The Morgan fingerprint density at radius 2 is 1.53 bits per heavy atom. The zero-order chi connectivity index (χ0) is 23.6. The van der Waals surface area contributed by atoms with Crippen LogP contribution < -0.4 is 19.6 Å². The molecule has 0 saturated carbocycles.